The summed E-state index contributed by atoms with van der Waals surface area (Å²) in [5.74, 6) is -1.14. The van der Waals surface area contributed by atoms with Crippen molar-refractivity contribution in [2.75, 3.05) is 13.2 Å². The summed E-state index contributed by atoms with van der Waals surface area (Å²) in [6.45, 7) is 5.78. The van der Waals surface area contributed by atoms with Gasteiger partial charge in [-0.25, -0.2) is 0 Å². The number of pyridine rings is 2. The number of nitrogens with one attached hydrogen (secondary N) is 3. The van der Waals surface area contributed by atoms with E-state index in [-0.39, 0.29) is 49.6 Å². The van der Waals surface area contributed by atoms with Crippen LogP contribution in [0.1, 0.15) is 69.5 Å². The van der Waals surface area contributed by atoms with Gasteiger partial charge in [-0.15, -0.1) is 0 Å². The van der Waals surface area contributed by atoms with E-state index in [1.165, 1.54) is 26.3 Å². The minimum atomic E-state index is -1.64. The standard InChI is InChI=1S/C52H52Cl2N6O10/c1-31-37(27-69-47-15-45(67-25-35-11-33(17-55)19-57-21-35)39(13-43(47)53)23-59-51(3,29-61)49(63)64)7-5-9-41(31)42-10-6-8-38(32(42)2)28-70-48-16-46(68-26-36-12-34(18-56)20-58-22-36)40(14-44(48)54)24-60-52(4,30-62)50(65)66/h5-17,19-22,55,59-62H,23-30H2,1-4H3,(H,63,64)(H,65,66)/t51?,52-/m0/s1. The monoisotopic (exact) mass is 990 g/mol. The number of ether oxygens (including phenoxy) is 4. The maximum Gasteiger partial charge on any atom is 0.326 e. The highest BCUT2D eigenvalue weighted by Crippen LogP contribution is 2.38. The average molecular weight is 992 g/mol. The summed E-state index contributed by atoms with van der Waals surface area (Å²) in [7, 11) is 0. The third-order valence-corrected chi connectivity index (χ3v) is 12.4. The van der Waals surface area contributed by atoms with Gasteiger partial charge in [0.2, 0.25) is 0 Å². The Kier molecular flexibility index (Phi) is 17.5. The Morgan fingerprint density at radius 1 is 0.657 bits per heavy atom. The predicted octanol–water partition coefficient (Wildman–Crippen LogP) is 8.10. The third-order valence-electron chi connectivity index (χ3n) is 11.8. The van der Waals surface area contributed by atoms with E-state index in [9.17, 15) is 35.3 Å². The van der Waals surface area contributed by atoms with E-state index in [0.717, 1.165) is 33.4 Å². The van der Waals surface area contributed by atoms with Crippen LogP contribution in [0.3, 0.4) is 0 Å². The second-order valence-electron chi connectivity index (χ2n) is 16.9. The van der Waals surface area contributed by atoms with Crippen LogP contribution in [0.25, 0.3) is 11.1 Å². The number of nitriles is 1. The summed E-state index contributed by atoms with van der Waals surface area (Å²) in [4.78, 5) is 32.1. The quantitative estimate of drug-likeness (QED) is 0.0283. The van der Waals surface area contributed by atoms with Crippen LogP contribution >= 0.6 is 23.2 Å². The number of carboxylic acid groups (broad SMARTS) is 2. The molecule has 18 heteroatoms. The molecule has 0 spiro atoms. The second-order valence-corrected chi connectivity index (χ2v) is 17.7. The molecular formula is C52H52Cl2N6O10. The molecule has 0 amide bonds. The highest BCUT2D eigenvalue weighted by atomic mass is 35.5. The Balaban J connectivity index is 1.22. The molecule has 0 radical (unpaired) electrons. The summed E-state index contributed by atoms with van der Waals surface area (Å²) >= 11 is 13.6. The molecule has 0 bridgehead atoms. The fourth-order valence-corrected chi connectivity index (χ4v) is 7.57. The molecule has 1 unspecified atom stereocenters. The van der Waals surface area contributed by atoms with Crippen molar-refractivity contribution in [2.24, 2.45) is 0 Å². The van der Waals surface area contributed by atoms with Gasteiger partial charge < -0.3 is 44.8 Å². The van der Waals surface area contributed by atoms with Crippen molar-refractivity contribution in [3.63, 3.8) is 0 Å². The van der Waals surface area contributed by atoms with Crippen LogP contribution in [0.15, 0.2) is 97.6 Å². The molecule has 0 fully saturated rings. The molecular weight excluding hydrogens is 940 g/mol. The zero-order chi connectivity index (χ0) is 50.6. The highest BCUT2D eigenvalue weighted by molar-refractivity contribution is 6.32. The van der Waals surface area contributed by atoms with Gasteiger partial charge >= 0.3 is 11.9 Å². The second kappa shape index (κ2) is 23.5. The van der Waals surface area contributed by atoms with Crippen molar-refractivity contribution in [1.82, 2.24) is 20.6 Å². The SMILES string of the molecule is Cc1c(COc2cc(OCc3cncc(C=N)c3)c(CNC(C)(CO)C(=O)O)cc2Cl)cccc1-c1cccc(COc2cc(OCc3cncc(C#N)c3)c(CN[C@@](C)(CO)C(=O)O)cc2Cl)c1C. The lowest BCUT2D eigenvalue weighted by atomic mass is 9.92. The van der Waals surface area contributed by atoms with Gasteiger partial charge in [-0.2, -0.15) is 5.26 Å². The number of aliphatic hydroxyl groups is 2. The molecule has 0 saturated heterocycles. The van der Waals surface area contributed by atoms with Crippen molar-refractivity contribution >= 4 is 41.4 Å². The number of carboxylic acids is 2. The molecule has 0 aliphatic carbocycles. The van der Waals surface area contributed by atoms with Gasteiger partial charge in [-0.3, -0.25) is 30.2 Å². The largest absolute Gasteiger partial charge is 0.488 e. The lowest BCUT2D eigenvalue weighted by Gasteiger charge is -2.25. The van der Waals surface area contributed by atoms with E-state index in [4.69, 9.17) is 47.6 Å². The van der Waals surface area contributed by atoms with E-state index in [1.54, 1.807) is 55.0 Å². The van der Waals surface area contributed by atoms with Crippen LogP contribution in [0.4, 0.5) is 0 Å². The fourth-order valence-electron chi connectivity index (χ4n) is 7.09. The van der Waals surface area contributed by atoms with Crippen LogP contribution in [0, 0.1) is 30.6 Å². The van der Waals surface area contributed by atoms with Crippen LogP contribution in [0.2, 0.25) is 10.0 Å². The number of aliphatic carboxylic acids is 2. The molecule has 7 N–H and O–H groups in total. The number of aliphatic hydroxyl groups excluding tert-OH is 2. The summed E-state index contributed by atoms with van der Waals surface area (Å²) in [6, 6.07) is 23.8. The van der Waals surface area contributed by atoms with Gasteiger partial charge in [0.05, 0.1) is 28.8 Å². The topological polar surface area (TPSA) is 249 Å². The van der Waals surface area contributed by atoms with Crippen LogP contribution in [-0.2, 0) is 49.1 Å². The third kappa shape index (κ3) is 12.8. The summed E-state index contributed by atoms with van der Waals surface area (Å²) < 4.78 is 25.1. The molecule has 364 valence electrons. The van der Waals surface area contributed by atoms with Gasteiger partial charge in [0, 0.05) is 84.0 Å². The Labute approximate surface area is 414 Å². The molecule has 70 heavy (non-hydrogen) atoms. The number of benzene rings is 4. The van der Waals surface area contributed by atoms with Crippen LogP contribution in [-0.4, -0.2) is 72.8 Å². The number of rotatable bonds is 24. The van der Waals surface area contributed by atoms with Crippen molar-refractivity contribution in [1.29, 1.82) is 10.7 Å². The van der Waals surface area contributed by atoms with Crippen molar-refractivity contribution in [2.45, 2.75) is 78.3 Å². The number of hydrogen-bond donors (Lipinski definition) is 7. The molecule has 0 aliphatic rings. The summed E-state index contributed by atoms with van der Waals surface area (Å²) in [5.41, 5.74) is 5.63. The van der Waals surface area contributed by atoms with E-state index in [1.807, 2.05) is 50.2 Å². The molecule has 4 aromatic carbocycles. The van der Waals surface area contributed by atoms with E-state index >= 15 is 0 Å². The lowest BCUT2D eigenvalue weighted by molar-refractivity contribution is -0.146. The van der Waals surface area contributed by atoms with Crippen molar-refractivity contribution < 1.29 is 49.0 Å². The molecule has 16 nitrogen and oxygen atoms in total. The van der Waals surface area contributed by atoms with Gasteiger partial charge in [0.25, 0.3) is 0 Å². The molecule has 6 rings (SSSR count). The Morgan fingerprint density at radius 3 is 1.53 bits per heavy atom. The Morgan fingerprint density at radius 2 is 1.10 bits per heavy atom. The van der Waals surface area contributed by atoms with Gasteiger partial charge in [-0.05, 0) is 85.3 Å². The predicted molar refractivity (Wildman–Crippen MR) is 263 cm³/mol. The van der Waals surface area contributed by atoms with Crippen LogP contribution < -0.4 is 29.6 Å². The zero-order valence-corrected chi connectivity index (χ0v) is 40.3. The summed E-state index contributed by atoms with van der Waals surface area (Å²) in [6.07, 6.45) is 7.37. The van der Waals surface area contributed by atoms with Crippen LogP contribution in [0.5, 0.6) is 23.0 Å². The lowest BCUT2D eigenvalue weighted by Crippen LogP contribution is -2.52. The highest BCUT2D eigenvalue weighted by Gasteiger charge is 2.33. The Bertz CT molecular complexity index is 2930. The summed E-state index contributed by atoms with van der Waals surface area (Å²) in [5, 5.41) is 62.3. The molecule has 6 aromatic rings. The minimum Gasteiger partial charge on any atom is -0.488 e. The number of aromatic nitrogens is 2. The maximum absolute atomic E-state index is 11.9. The minimum absolute atomic E-state index is 0.00503. The van der Waals surface area contributed by atoms with E-state index < -0.39 is 36.2 Å². The van der Waals surface area contributed by atoms with E-state index in [0.29, 0.717) is 56.4 Å². The number of nitrogens with zero attached hydrogens (tertiary/aromatic N) is 3. The van der Waals surface area contributed by atoms with Crippen molar-refractivity contribution in [3.05, 3.63) is 163 Å². The number of carbonyl (C=O) groups is 2. The molecule has 2 aromatic heterocycles. The number of halogens is 2. The maximum atomic E-state index is 11.9. The first-order chi connectivity index (χ1) is 33.5. The normalized spacial score (nSPS) is 12.8. The first kappa shape index (κ1) is 52.3. The number of hydrogen-bond acceptors (Lipinski definition) is 14. The molecule has 0 saturated carbocycles. The van der Waals surface area contributed by atoms with Gasteiger partial charge in [0.1, 0.15) is 66.6 Å². The zero-order valence-electron chi connectivity index (χ0n) is 38.8. The fraction of sp³-hybridized carbons (Fsp3) is 0.269. The van der Waals surface area contributed by atoms with Gasteiger partial charge in [0.15, 0.2) is 0 Å². The van der Waals surface area contributed by atoms with Crippen molar-refractivity contribution in [3.8, 4) is 40.2 Å². The molecule has 2 heterocycles. The average Bonchev–Trinajstić information content (AvgIpc) is 3.36. The smallest absolute Gasteiger partial charge is 0.326 e. The molecule has 0 aliphatic heterocycles. The first-order valence-electron chi connectivity index (χ1n) is 21.8. The molecule has 2 atom stereocenters. The Hall–Kier alpha value is -7.10. The first-order valence-corrected chi connectivity index (χ1v) is 22.6. The van der Waals surface area contributed by atoms with Gasteiger partial charge in [-0.1, -0.05) is 59.6 Å². The van der Waals surface area contributed by atoms with E-state index in [2.05, 4.69) is 26.7 Å².